The second kappa shape index (κ2) is 9.04. The van der Waals surface area contributed by atoms with Gasteiger partial charge in [0.15, 0.2) is 0 Å². The van der Waals surface area contributed by atoms with Crippen LogP contribution < -0.4 is 5.32 Å². The molecule has 0 saturated carbocycles. The van der Waals surface area contributed by atoms with E-state index >= 15 is 0 Å². The molecule has 1 aromatic heterocycles. The summed E-state index contributed by atoms with van der Waals surface area (Å²) in [6.07, 6.45) is 1.56. The molecule has 0 aliphatic heterocycles. The molecule has 0 saturated heterocycles. The van der Waals surface area contributed by atoms with Crippen LogP contribution in [0, 0.1) is 0 Å². The molecule has 28 heavy (non-hydrogen) atoms. The molecule has 0 aliphatic rings. The average molecular weight is 376 g/mol. The van der Waals surface area contributed by atoms with Gasteiger partial charge in [-0.25, -0.2) is 0 Å². The SMILES string of the molecule is CC(C)c1ccc(C(=O)N(CC(=O)Nc2ccccc2)Cc2ccco2)cc1. The predicted octanol–water partition coefficient (Wildman–Crippen LogP) is 4.68. The number of hydrogen-bond donors (Lipinski definition) is 1. The smallest absolute Gasteiger partial charge is 0.254 e. The van der Waals surface area contributed by atoms with E-state index in [2.05, 4.69) is 19.2 Å². The summed E-state index contributed by atoms with van der Waals surface area (Å²) in [6, 6.07) is 20.3. The molecule has 0 bridgehead atoms. The Morgan fingerprint density at radius 2 is 1.68 bits per heavy atom. The first-order valence-electron chi connectivity index (χ1n) is 9.29. The van der Waals surface area contributed by atoms with Gasteiger partial charge in [0.1, 0.15) is 12.3 Å². The van der Waals surface area contributed by atoms with Crippen molar-refractivity contribution in [1.29, 1.82) is 0 Å². The molecule has 3 aromatic rings. The Morgan fingerprint density at radius 3 is 2.29 bits per heavy atom. The normalized spacial score (nSPS) is 10.7. The van der Waals surface area contributed by atoms with Crippen LogP contribution in [0.25, 0.3) is 0 Å². The number of amides is 2. The van der Waals surface area contributed by atoms with E-state index < -0.39 is 0 Å². The molecule has 2 aromatic carbocycles. The first kappa shape index (κ1) is 19.4. The molecule has 5 nitrogen and oxygen atoms in total. The monoisotopic (exact) mass is 376 g/mol. The van der Waals surface area contributed by atoms with E-state index in [-0.39, 0.29) is 24.9 Å². The van der Waals surface area contributed by atoms with Gasteiger partial charge in [-0.15, -0.1) is 0 Å². The Kier molecular flexibility index (Phi) is 6.27. The van der Waals surface area contributed by atoms with Gasteiger partial charge in [0.25, 0.3) is 5.91 Å². The van der Waals surface area contributed by atoms with Crippen molar-refractivity contribution in [2.24, 2.45) is 0 Å². The number of carbonyl (C=O) groups excluding carboxylic acids is 2. The van der Waals surface area contributed by atoms with E-state index in [1.807, 2.05) is 42.5 Å². The minimum Gasteiger partial charge on any atom is -0.467 e. The van der Waals surface area contributed by atoms with Gasteiger partial charge in [-0.1, -0.05) is 44.2 Å². The summed E-state index contributed by atoms with van der Waals surface area (Å²) in [5, 5.41) is 2.82. The summed E-state index contributed by atoms with van der Waals surface area (Å²) in [4.78, 5) is 27.0. The van der Waals surface area contributed by atoms with E-state index in [9.17, 15) is 9.59 Å². The van der Waals surface area contributed by atoms with E-state index in [0.717, 1.165) is 5.56 Å². The van der Waals surface area contributed by atoms with Gasteiger partial charge in [0.2, 0.25) is 5.91 Å². The van der Waals surface area contributed by atoms with Crippen molar-refractivity contribution in [1.82, 2.24) is 4.90 Å². The number of furan rings is 1. The molecule has 0 spiro atoms. The maximum Gasteiger partial charge on any atom is 0.254 e. The lowest BCUT2D eigenvalue weighted by molar-refractivity contribution is -0.117. The van der Waals surface area contributed by atoms with Crippen LogP contribution in [0.5, 0.6) is 0 Å². The highest BCUT2D eigenvalue weighted by molar-refractivity contribution is 5.99. The molecule has 0 fully saturated rings. The first-order chi connectivity index (χ1) is 13.5. The van der Waals surface area contributed by atoms with Crippen LogP contribution in [0.15, 0.2) is 77.4 Å². The van der Waals surface area contributed by atoms with Crippen molar-refractivity contribution in [3.63, 3.8) is 0 Å². The molecule has 0 unspecified atom stereocenters. The number of benzene rings is 2. The Bertz CT molecular complexity index is 901. The Hall–Kier alpha value is -3.34. The van der Waals surface area contributed by atoms with Gasteiger partial charge in [0, 0.05) is 11.3 Å². The van der Waals surface area contributed by atoms with Crippen molar-refractivity contribution in [2.45, 2.75) is 26.3 Å². The molecule has 0 aliphatic carbocycles. The molecule has 2 amide bonds. The van der Waals surface area contributed by atoms with Crippen molar-refractivity contribution < 1.29 is 14.0 Å². The van der Waals surface area contributed by atoms with Gasteiger partial charge < -0.3 is 14.6 Å². The summed E-state index contributed by atoms with van der Waals surface area (Å²) < 4.78 is 5.37. The topological polar surface area (TPSA) is 62.6 Å². The molecular formula is C23H24N2O3. The molecule has 5 heteroatoms. The van der Waals surface area contributed by atoms with Gasteiger partial charge in [-0.3, -0.25) is 9.59 Å². The van der Waals surface area contributed by atoms with E-state index in [4.69, 9.17) is 4.42 Å². The van der Waals surface area contributed by atoms with Crippen LogP contribution in [0.1, 0.15) is 41.4 Å². The molecule has 144 valence electrons. The summed E-state index contributed by atoms with van der Waals surface area (Å²) in [6.45, 7) is 4.36. The van der Waals surface area contributed by atoms with E-state index in [1.54, 1.807) is 30.5 Å². The first-order valence-corrected chi connectivity index (χ1v) is 9.29. The summed E-state index contributed by atoms with van der Waals surface area (Å²) in [5.41, 5.74) is 2.40. The largest absolute Gasteiger partial charge is 0.467 e. The third-order valence-corrected chi connectivity index (χ3v) is 4.43. The van der Waals surface area contributed by atoms with Crippen LogP contribution in [0.4, 0.5) is 5.69 Å². The van der Waals surface area contributed by atoms with E-state index in [1.165, 1.54) is 4.90 Å². The van der Waals surface area contributed by atoms with Gasteiger partial charge >= 0.3 is 0 Å². The number of carbonyl (C=O) groups is 2. The predicted molar refractivity (Wildman–Crippen MR) is 109 cm³/mol. The second-order valence-electron chi connectivity index (χ2n) is 6.93. The van der Waals surface area contributed by atoms with E-state index in [0.29, 0.717) is 22.9 Å². The van der Waals surface area contributed by atoms with Crippen LogP contribution in [0.3, 0.4) is 0 Å². The molecular weight excluding hydrogens is 352 g/mol. The average Bonchev–Trinajstić information content (AvgIpc) is 3.21. The van der Waals surface area contributed by atoms with Crippen LogP contribution >= 0.6 is 0 Å². The van der Waals surface area contributed by atoms with Crippen LogP contribution in [-0.4, -0.2) is 23.3 Å². The summed E-state index contributed by atoms with van der Waals surface area (Å²) >= 11 is 0. The van der Waals surface area contributed by atoms with Gasteiger partial charge in [-0.05, 0) is 47.9 Å². The maximum atomic E-state index is 13.0. The Labute approximate surface area is 165 Å². The summed E-state index contributed by atoms with van der Waals surface area (Å²) in [5.74, 6) is 0.541. The Morgan fingerprint density at radius 1 is 0.964 bits per heavy atom. The number of nitrogens with zero attached hydrogens (tertiary/aromatic N) is 1. The lowest BCUT2D eigenvalue weighted by Crippen LogP contribution is -2.37. The fourth-order valence-corrected chi connectivity index (χ4v) is 2.88. The molecule has 1 heterocycles. The number of para-hydroxylation sites is 1. The van der Waals surface area contributed by atoms with Gasteiger partial charge in [-0.2, -0.15) is 0 Å². The van der Waals surface area contributed by atoms with Crippen LogP contribution in [0.2, 0.25) is 0 Å². The number of rotatable bonds is 7. The van der Waals surface area contributed by atoms with Crippen molar-refractivity contribution in [2.75, 3.05) is 11.9 Å². The maximum absolute atomic E-state index is 13.0. The highest BCUT2D eigenvalue weighted by Gasteiger charge is 2.20. The molecule has 0 radical (unpaired) electrons. The zero-order valence-corrected chi connectivity index (χ0v) is 16.1. The van der Waals surface area contributed by atoms with Crippen molar-refractivity contribution in [3.05, 3.63) is 89.9 Å². The molecule has 1 N–H and O–H groups in total. The minimum atomic E-state index is -0.259. The third kappa shape index (κ3) is 5.10. The fourth-order valence-electron chi connectivity index (χ4n) is 2.88. The van der Waals surface area contributed by atoms with Crippen molar-refractivity contribution >= 4 is 17.5 Å². The highest BCUT2D eigenvalue weighted by Crippen LogP contribution is 2.17. The zero-order chi connectivity index (χ0) is 19.9. The number of nitrogens with one attached hydrogen (secondary N) is 1. The highest BCUT2D eigenvalue weighted by atomic mass is 16.3. The summed E-state index contributed by atoms with van der Waals surface area (Å²) in [7, 11) is 0. The number of anilines is 1. The molecule has 3 rings (SSSR count). The van der Waals surface area contributed by atoms with Gasteiger partial charge in [0.05, 0.1) is 12.8 Å². The third-order valence-electron chi connectivity index (χ3n) is 4.43. The quantitative estimate of drug-likeness (QED) is 0.651. The second-order valence-corrected chi connectivity index (χ2v) is 6.93. The minimum absolute atomic E-state index is 0.0691. The van der Waals surface area contributed by atoms with Crippen LogP contribution in [-0.2, 0) is 11.3 Å². The standard InChI is InChI=1S/C23H24N2O3/c1-17(2)18-10-12-19(13-11-18)23(27)25(15-21-9-6-14-28-21)16-22(26)24-20-7-4-3-5-8-20/h3-14,17H,15-16H2,1-2H3,(H,24,26). The lowest BCUT2D eigenvalue weighted by atomic mass is 10.0. The fraction of sp³-hybridized carbons (Fsp3) is 0.217. The van der Waals surface area contributed by atoms with Crippen molar-refractivity contribution in [3.8, 4) is 0 Å². The molecule has 0 atom stereocenters. The Balaban J connectivity index is 1.75. The number of hydrogen-bond acceptors (Lipinski definition) is 3. The lowest BCUT2D eigenvalue weighted by Gasteiger charge is -2.21. The zero-order valence-electron chi connectivity index (χ0n) is 16.1.